The standard InChI is InChI=1S/C9H9ClFNO/c1-2-13-4-3-9-8(10)5-7(11)6-12-9/h3-6H,2H2,1H3. The van der Waals surface area contributed by atoms with Crippen LogP contribution in [0.15, 0.2) is 18.5 Å². The van der Waals surface area contributed by atoms with Gasteiger partial charge in [0.2, 0.25) is 0 Å². The number of hydrogen-bond acceptors (Lipinski definition) is 2. The first-order valence-electron chi connectivity index (χ1n) is 3.83. The zero-order valence-electron chi connectivity index (χ0n) is 7.13. The van der Waals surface area contributed by atoms with Crippen LogP contribution in [-0.4, -0.2) is 11.6 Å². The fourth-order valence-corrected chi connectivity index (χ4v) is 0.973. The van der Waals surface area contributed by atoms with Gasteiger partial charge in [0.25, 0.3) is 0 Å². The van der Waals surface area contributed by atoms with Crippen molar-refractivity contribution in [3.8, 4) is 0 Å². The molecule has 4 heteroatoms. The van der Waals surface area contributed by atoms with E-state index in [0.717, 1.165) is 6.20 Å². The van der Waals surface area contributed by atoms with Gasteiger partial charge in [0.05, 0.1) is 29.8 Å². The fraction of sp³-hybridized carbons (Fsp3) is 0.222. The molecule has 1 rings (SSSR count). The number of hydrogen-bond donors (Lipinski definition) is 0. The summed E-state index contributed by atoms with van der Waals surface area (Å²) in [6.45, 7) is 2.44. The minimum Gasteiger partial charge on any atom is -0.501 e. The first kappa shape index (κ1) is 9.99. The molecule has 0 aliphatic heterocycles. The van der Waals surface area contributed by atoms with Crippen molar-refractivity contribution in [2.75, 3.05) is 6.61 Å². The summed E-state index contributed by atoms with van der Waals surface area (Å²) in [7, 11) is 0. The number of aromatic nitrogens is 1. The third-order valence-electron chi connectivity index (χ3n) is 1.33. The smallest absolute Gasteiger partial charge is 0.143 e. The van der Waals surface area contributed by atoms with Crippen LogP contribution in [0.3, 0.4) is 0 Å². The molecule has 0 atom stereocenters. The summed E-state index contributed by atoms with van der Waals surface area (Å²) in [5.41, 5.74) is 0.497. The van der Waals surface area contributed by atoms with Gasteiger partial charge >= 0.3 is 0 Å². The SMILES string of the molecule is CCOC=Cc1ncc(F)cc1Cl. The highest BCUT2D eigenvalue weighted by Gasteiger charge is 1.99. The Labute approximate surface area is 81.0 Å². The summed E-state index contributed by atoms with van der Waals surface area (Å²) in [6, 6.07) is 1.21. The molecule has 0 radical (unpaired) electrons. The van der Waals surface area contributed by atoms with Crippen LogP contribution in [0, 0.1) is 5.82 Å². The van der Waals surface area contributed by atoms with Crippen LogP contribution < -0.4 is 0 Å². The Morgan fingerprint density at radius 3 is 3.08 bits per heavy atom. The van der Waals surface area contributed by atoms with E-state index >= 15 is 0 Å². The quantitative estimate of drug-likeness (QED) is 0.702. The summed E-state index contributed by atoms with van der Waals surface area (Å²) < 4.78 is 17.5. The largest absolute Gasteiger partial charge is 0.501 e. The van der Waals surface area contributed by atoms with Crippen LogP contribution in [0.2, 0.25) is 5.02 Å². The van der Waals surface area contributed by atoms with E-state index in [1.54, 1.807) is 6.08 Å². The van der Waals surface area contributed by atoms with Crippen molar-refractivity contribution in [3.63, 3.8) is 0 Å². The highest BCUT2D eigenvalue weighted by molar-refractivity contribution is 6.31. The highest BCUT2D eigenvalue weighted by atomic mass is 35.5. The molecular weight excluding hydrogens is 193 g/mol. The van der Waals surface area contributed by atoms with Gasteiger partial charge in [-0.3, -0.25) is 4.98 Å². The first-order valence-corrected chi connectivity index (χ1v) is 4.21. The molecule has 1 heterocycles. The van der Waals surface area contributed by atoms with Crippen molar-refractivity contribution in [2.24, 2.45) is 0 Å². The Hall–Kier alpha value is -1.09. The van der Waals surface area contributed by atoms with E-state index in [1.807, 2.05) is 6.92 Å². The number of halogens is 2. The van der Waals surface area contributed by atoms with Gasteiger partial charge in [-0.1, -0.05) is 11.6 Å². The van der Waals surface area contributed by atoms with Crippen LogP contribution in [0.25, 0.3) is 6.08 Å². The molecule has 0 aliphatic carbocycles. The lowest BCUT2D eigenvalue weighted by molar-refractivity contribution is 0.272. The number of nitrogens with zero attached hydrogens (tertiary/aromatic N) is 1. The lowest BCUT2D eigenvalue weighted by Crippen LogP contribution is -1.85. The summed E-state index contributed by atoms with van der Waals surface area (Å²) >= 11 is 5.70. The fourth-order valence-electron chi connectivity index (χ4n) is 0.757. The predicted octanol–water partition coefficient (Wildman–Crippen LogP) is 2.88. The van der Waals surface area contributed by atoms with Crippen LogP contribution in [0.1, 0.15) is 12.6 Å². The van der Waals surface area contributed by atoms with E-state index in [-0.39, 0.29) is 5.02 Å². The van der Waals surface area contributed by atoms with Crippen LogP contribution >= 0.6 is 11.6 Å². The number of pyridine rings is 1. The Kier molecular flexibility index (Phi) is 3.71. The minimum atomic E-state index is -0.446. The van der Waals surface area contributed by atoms with Crippen LogP contribution in [-0.2, 0) is 4.74 Å². The van der Waals surface area contributed by atoms with Crippen molar-refractivity contribution in [1.82, 2.24) is 4.98 Å². The highest BCUT2D eigenvalue weighted by Crippen LogP contribution is 2.15. The summed E-state index contributed by atoms with van der Waals surface area (Å²) in [5.74, 6) is -0.446. The first-order chi connectivity index (χ1) is 6.24. The maximum Gasteiger partial charge on any atom is 0.143 e. The Morgan fingerprint density at radius 1 is 1.69 bits per heavy atom. The summed E-state index contributed by atoms with van der Waals surface area (Å²) in [6.07, 6.45) is 4.18. The van der Waals surface area contributed by atoms with E-state index in [1.165, 1.54) is 12.3 Å². The van der Waals surface area contributed by atoms with E-state index in [0.29, 0.717) is 12.3 Å². The van der Waals surface area contributed by atoms with Gasteiger partial charge in [0, 0.05) is 0 Å². The van der Waals surface area contributed by atoms with E-state index in [9.17, 15) is 4.39 Å². The molecule has 0 aliphatic rings. The average Bonchev–Trinajstić information content (AvgIpc) is 2.09. The Balaban J connectivity index is 2.77. The van der Waals surface area contributed by atoms with Gasteiger partial charge in [-0.05, 0) is 19.1 Å². The second-order valence-electron chi connectivity index (χ2n) is 2.28. The molecule has 0 bridgehead atoms. The Bertz CT molecular complexity index is 314. The van der Waals surface area contributed by atoms with Gasteiger partial charge in [0.15, 0.2) is 0 Å². The molecule has 0 saturated heterocycles. The van der Waals surface area contributed by atoms with E-state index < -0.39 is 5.82 Å². The van der Waals surface area contributed by atoms with Gasteiger partial charge in [-0.25, -0.2) is 4.39 Å². The molecule has 0 fully saturated rings. The second kappa shape index (κ2) is 4.82. The van der Waals surface area contributed by atoms with Gasteiger partial charge in [-0.2, -0.15) is 0 Å². The molecule has 1 aromatic rings. The molecule has 0 unspecified atom stereocenters. The van der Waals surface area contributed by atoms with Crippen LogP contribution in [0.5, 0.6) is 0 Å². The predicted molar refractivity (Wildman–Crippen MR) is 49.9 cm³/mol. The van der Waals surface area contributed by atoms with Gasteiger partial charge in [0.1, 0.15) is 5.82 Å². The zero-order chi connectivity index (χ0) is 9.68. The molecule has 0 N–H and O–H groups in total. The molecule has 0 spiro atoms. The van der Waals surface area contributed by atoms with Crippen molar-refractivity contribution >= 4 is 17.7 Å². The molecule has 13 heavy (non-hydrogen) atoms. The van der Waals surface area contributed by atoms with Crippen molar-refractivity contribution in [2.45, 2.75) is 6.92 Å². The van der Waals surface area contributed by atoms with Gasteiger partial charge < -0.3 is 4.74 Å². The minimum absolute atomic E-state index is 0.274. The average molecular weight is 202 g/mol. The second-order valence-corrected chi connectivity index (χ2v) is 2.69. The monoisotopic (exact) mass is 201 g/mol. The molecule has 0 saturated carbocycles. The van der Waals surface area contributed by atoms with Crippen molar-refractivity contribution in [1.29, 1.82) is 0 Å². The maximum atomic E-state index is 12.5. The van der Waals surface area contributed by atoms with Gasteiger partial charge in [-0.15, -0.1) is 0 Å². The molecule has 2 nitrogen and oxygen atoms in total. The zero-order valence-corrected chi connectivity index (χ0v) is 7.88. The third-order valence-corrected chi connectivity index (χ3v) is 1.63. The number of rotatable bonds is 3. The molecular formula is C9H9ClFNO. The molecule has 70 valence electrons. The number of ether oxygens (including phenoxy) is 1. The topological polar surface area (TPSA) is 22.1 Å². The lowest BCUT2D eigenvalue weighted by Gasteiger charge is -1.97. The molecule has 0 amide bonds. The maximum absolute atomic E-state index is 12.5. The van der Waals surface area contributed by atoms with E-state index in [4.69, 9.17) is 16.3 Å². The third kappa shape index (κ3) is 3.03. The van der Waals surface area contributed by atoms with Crippen LogP contribution in [0.4, 0.5) is 4.39 Å². The normalized spacial score (nSPS) is 10.7. The summed E-state index contributed by atoms with van der Waals surface area (Å²) in [4.78, 5) is 3.78. The Morgan fingerprint density at radius 2 is 2.46 bits per heavy atom. The molecule has 1 aromatic heterocycles. The summed E-state index contributed by atoms with van der Waals surface area (Å²) in [5, 5.41) is 0.274. The van der Waals surface area contributed by atoms with Crippen molar-refractivity contribution < 1.29 is 9.13 Å². The van der Waals surface area contributed by atoms with E-state index in [2.05, 4.69) is 4.98 Å². The molecule has 0 aromatic carbocycles. The lowest BCUT2D eigenvalue weighted by atomic mass is 10.3. The van der Waals surface area contributed by atoms with Crippen molar-refractivity contribution in [3.05, 3.63) is 35.1 Å².